The van der Waals surface area contributed by atoms with Gasteiger partial charge in [-0.3, -0.25) is 14.5 Å². The summed E-state index contributed by atoms with van der Waals surface area (Å²) in [7, 11) is 0. The van der Waals surface area contributed by atoms with Crippen molar-refractivity contribution in [3.05, 3.63) is 88.3 Å². The van der Waals surface area contributed by atoms with Gasteiger partial charge in [-0.25, -0.2) is 0 Å². The van der Waals surface area contributed by atoms with Crippen LogP contribution in [0, 0.1) is 12.8 Å². The van der Waals surface area contributed by atoms with Gasteiger partial charge in [-0.15, -0.1) is 0 Å². The molecule has 1 fully saturated rings. The molecule has 2 aliphatic heterocycles. The number of nitrogens with one attached hydrogen (secondary N) is 2. The zero-order valence-electron chi connectivity index (χ0n) is 25.7. The third-order valence-electron chi connectivity index (χ3n) is 8.18. The molecule has 0 atom stereocenters. The third-order valence-corrected chi connectivity index (χ3v) is 8.18. The van der Waals surface area contributed by atoms with Crippen LogP contribution < -0.4 is 15.5 Å². The number of hydrogen-bond acceptors (Lipinski definition) is 4. The summed E-state index contributed by atoms with van der Waals surface area (Å²) in [6.07, 6.45) is 5.94. The Morgan fingerprint density at radius 3 is 2.32 bits per heavy atom. The van der Waals surface area contributed by atoms with E-state index in [2.05, 4.69) is 58.5 Å². The number of anilines is 1. The second kappa shape index (κ2) is 13.3. The van der Waals surface area contributed by atoms with Gasteiger partial charge in [-0.1, -0.05) is 51.1 Å². The lowest BCUT2D eigenvalue weighted by atomic mass is 9.95. The van der Waals surface area contributed by atoms with Crippen LogP contribution in [-0.4, -0.2) is 42.9 Å². The van der Waals surface area contributed by atoms with Crippen molar-refractivity contribution in [2.45, 2.75) is 67.3 Å². The molecular weight excluding hydrogens is 508 g/mol. The van der Waals surface area contributed by atoms with Crippen LogP contribution in [-0.2, 0) is 11.3 Å². The van der Waals surface area contributed by atoms with Crippen molar-refractivity contribution in [2.75, 3.05) is 31.1 Å². The molecule has 2 N–H and O–H groups in total. The minimum absolute atomic E-state index is 0.0449. The van der Waals surface area contributed by atoms with Crippen LogP contribution in [0.15, 0.2) is 71.6 Å². The maximum absolute atomic E-state index is 13.7. The largest absolute Gasteiger partial charge is 0.359 e. The molecule has 2 heterocycles. The minimum atomic E-state index is -0.167. The van der Waals surface area contributed by atoms with Gasteiger partial charge in [-0.05, 0) is 105 Å². The number of carbonyl (C=O) groups excluding carboxylic acids is 2. The van der Waals surface area contributed by atoms with Gasteiger partial charge >= 0.3 is 0 Å². The number of carbonyl (C=O) groups is 2. The fourth-order valence-electron chi connectivity index (χ4n) is 5.83. The number of dihydropyridines is 1. The average molecular weight is 555 g/mol. The number of nitrogens with zero attached hydrogens (tertiary/aromatic N) is 2. The van der Waals surface area contributed by atoms with Gasteiger partial charge in [0.05, 0.1) is 0 Å². The van der Waals surface area contributed by atoms with Gasteiger partial charge < -0.3 is 15.5 Å². The van der Waals surface area contributed by atoms with Crippen LogP contribution in [0.2, 0.25) is 0 Å². The number of allylic oxidation sites excluding steroid dienone is 3. The maximum Gasteiger partial charge on any atom is 0.251 e. The lowest BCUT2D eigenvalue weighted by Gasteiger charge is -2.27. The monoisotopic (exact) mass is 554 g/mol. The van der Waals surface area contributed by atoms with Gasteiger partial charge in [0.25, 0.3) is 5.91 Å². The third kappa shape index (κ3) is 7.17. The topological polar surface area (TPSA) is 64.7 Å². The number of rotatable bonds is 9. The van der Waals surface area contributed by atoms with Crippen LogP contribution in [0.1, 0.15) is 75.4 Å². The average Bonchev–Trinajstić information content (AvgIpc) is 2.94. The molecule has 6 heteroatoms. The molecule has 0 unspecified atom stereocenters. The lowest BCUT2D eigenvalue weighted by molar-refractivity contribution is -0.121. The van der Waals surface area contributed by atoms with E-state index in [1.165, 1.54) is 24.8 Å². The Balaban J connectivity index is 1.67. The first-order valence-electron chi connectivity index (χ1n) is 15.0. The molecule has 0 bridgehead atoms. The van der Waals surface area contributed by atoms with Gasteiger partial charge in [-0.2, -0.15) is 0 Å². The number of hydrogen-bond donors (Lipinski definition) is 2. The van der Waals surface area contributed by atoms with Gasteiger partial charge in [0.1, 0.15) is 0 Å². The molecule has 41 heavy (non-hydrogen) atoms. The molecule has 0 spiro atoms. The van der Waals surface area contributed by atoms with Crippen LogP contribution in [0.4, 0.5) is 5.69 Å². The summed E-state index contributed by atoms with van der Waals surface area (Å²) >= 11 is 0. The maximum atomic E-state index is 13.7. The molecule has 0 aliphatic carbocycles. The Labute approximate surface area is 246 Å². The molecule has 0 aromatic heterocycles. The van der Waals surface area contributed by atoms with Crippen molar-refractivity contribution in [3.63, 3.8) is 0 Å². The molecule has 0 radical (unpaired) electrons. The highest BCUT2D eigenvalue weighted by Crippen LogP contribution is 2.33. The van der Waals surface area contributed by atoms with E-state index in [1.54, 1.807) is 4.90 Å². The Bertz CT molecular complexity index is 1360. The van der Waals surface area contributed by atoms with Crippen LogP contribution >= 0.6 is 0 Å². The van der Waals surface area contributed by atoms with Crippen molar-refractivity contribution in [1.82, 2.24) is 15.5 Å². The van der Waals surface area contributed by atoms with E-state index < -0.39 is 0 Å². The van der Waals surface area contributed by atoms with Crippen LogP contribution in [0.5, 0.6) is 0 Å². The molecule has 2 aliphatic rings. The Kier molecular flexibility index (Phi) is 9.87. The summed E-state index contributed by atoms with van der Waals surface area (Å²) in [5.41, 5.74) is 9.30. The zero-order valence-corrected chi connectivity index (χ0v) is 25.7. The van der Waals surface area contributed by atoms with Crippen LogP contribution in [0.3, 0.4) is 0 Å². The molecular formula is C35H46N4O2. The highest BCUT2D eigenvalue weighted by atomic mass is 16.2. The number of amides is 2. The summed E-state index contributed by atoms with van der Waals surface area (Å²) in [5, 5.41) is 6.38. The normalized spacial score (nSPS) is 16.0. The predicted molar refractivity (Wildman–Crippen MR) is 170 cm³/mol. The molecule has 1 saturated heterocycles. The van der Waals surface area contributed by atoms with E-state index in [0.717, 1.165) is 64.6 Å². The van der Waals surface area contributed by atoms with E-state index in [1.807, 2.05) is 47.6 Å². The van der Waals surface area contributed by atoms with Crippen molar-refractivity contribution in [1.29, 1.82) is 0 Å². The minimum Gasteiger partial charge on any atom is -0.359 e. The number of piperidine rings is 1. The Morgan fingerprint density at radius 1 is 1.02 bits per heavy atom. The van der Waals surface area contributed by atoms with E-state index in [-0.39, 0.29) is 17.7 Å². The van der Waals surface area contributed by atoms with Crippen molar-refractivity contribution < 1.29 is 9.59 Å². The van der Waals surface area contributed by atoms with Gasteiger partial charge in [0.2, 0.25) is 5.91 Å². The van der Waals surface area contributed by atoms with Crippen molar-refractivity contribution in [2.24, 2.45) is 5.92 Å². The summed E-state index contributed by atoms with van der Waals surface area (Å²) < 4.78 is 0. The Morgan fingerprint density at radius 2 is 1.71 bits per heavy atom. The molecule has 4 rings (SSSR count). The molecule has 218 valence electrons. The second-order valence-electron chi connectivity index (χ2n) is 11.7. The highest BCUT2D eigenvalue weighted by molar-refractivity contribution is 6.02. The van der Waals surface area contributed by atoms with E-state index in [9.17, 15) is 9.59 Å². The van der Waals surface area contributed by atoms with E-state index in [4.69, 9.17) is 0 Å². The first kappa shape index (κ1) is 30.3. The first-order chi connectivity index (χ1) is 19.6. The quantitative estimate of drug-likeness (QED) is 0.361. The molecule has 0 saturated carbocycles. The summed E-state index contributed by atoms with van der Waals surface area (Å²) in [5.74, 6) is -0.274. The summed E-state index contributed by atoms with van der Waals surface area (Å²) in [6, 6.07) is 12.7. The second-order valence-corrected chi connectivity index (χ2v) is 11.7. The zero-order chi connectivity index (χ0) is 29.7. The predicted octanol–water partition coefficient (Wildman–Crippen LogP) is 6.72. The smallest absolute Gasteiger partial charge is 0.251 e. The van der Waals surface area contributed by atoms with Crippen LogP contribution in [0.25, 0.3) is 11.1 Å². The summed E-state index contributed by atoms with van der Waals surface area (Å²) in [6.45, 7) is 20.1. The lowest BCUT2D eigenvalue weighted by Crippen LogP contribution is -2.35. The number of likely N-dealkylation sites (tertiary alicyclic amines) is 1. The number of benzene rings is 2. The fourth-order valence-corrected chi connectivity index (χ4v) is 5.83. The Hall–Kier alpha value is -3.64. The van der Waals surface area contributed by atoms with Gasteiger partial charge in [0, 0.05) is 48.2 Å². The van der Waals surface area contributed by atoms with Crippen molar-refractivity contribution in [3.8, 4) is 11.1 Å². The molecule has 2 aromatic carbocycles. The SMILES string of the molecule is C=C1NC(C)=CC(C)=C1CNC(=O)c1cc(-c2ccc(CN3CCCCC3)cc2)cc(N(CC)C(=O)C(C)C)c1C. The fraction of sp³-hybridized carbons (Fsp3) is 0.429. The highest BCUT2D eigenvalue weighted by Gasteiger charge is 2.24. The standard InChI is InChI=1S/C35H46N4O2/c1-8-39(35(41)23(2)3)33-20-30(29-14-12-28(13-15-29)22-38-16-10-9-11-17-38)19-31(26(33)6)34(40)36-21-32-24(4)18-25(5)37-27(32)7/h12-15,18-20,23,37H,7-11,16-17,21-22H2,1-6H3,(H,36,40). The molecule has 2 amide bonds. The van der Waals surface area contributed by atoms with E-state index in [0.29, 0.717) is 18.7 Å². The van der Waals surface area contributed by atoms with Crippen molar-refractivity contribution >= 4 is 17.5 Å². The molecule has 6 nitrogen and oxygen atoms in total. The van der Waals surface area contributed by atoms with E-state index >= 15 is 0 Å². The molecule has 2 aromatic rings. The first-order valence-corrected chi connectivity index (χ1v) is 15.0. The van der Waals surface area contributed by atoms with Gasteiger partial charge in [0.15, 0.2) is 0 Å². The summed E-state index contributed by atoms with van der Waals surface area (Å²) in [4.78, 5) is 31.2.